The summed E-state index contributed by atoms with van der Waals surface area (Å²) in [5.74, 6) is -2.35. The molecule has 0 saturated carbocycles. The summed E-state index contributed by atoms with van der Waals surface area (Å²) in [6.07, 6.45) is 0. The molecule has 0 fully saturated rings. The number of hydrogen-bond donors (Lipinski definition) is 2. The van der Waals surface area contributed by atoms with Crippen LogP contribution in [0.2, 0.25) is 0 Å². The maximum Gasteiger partial charge on any atom is 0.333 e. The SMILES string of the molecule is COC(=O)C(c1ccccc1)N1C(=O)C(N)(C(=O)[C@H](C)N)N=C(c2ccccc2)c2ccccc21. The number of methoxy groups -OCH3 is 1. The molecule has 0 aliphatic carbocycles. The number of benzodiazepines with no additional fused rings is 1. The minimum absolute atomic E-state index is 0.338. The Hall–Kier alpha value is -4.14. The van der Waals surface area contributed by atoms with Crippen molar-refractivity contribution in [3.63, 3.8) is 0 Å². The molecule has 1 aliphatic heterocycles. The van der Waals surface area contributed by atoms with E-state index in [0.29, 0.717) is 28.1 Å². The fraction of sp³-hybridized carbons (Fsp3) is 0.185. The van der Waals surface area contributed by atoms with Gasteiger partial charge in [-0.3, -0.25) is 20.2 Å². The predicted molar refractivity (Wildman–Crippen MR) is 133 cm³/mol. The van der Waals surface area contributed by atoms with E-state index in [4.69, 9.17) is 16.2 Å². The molecule has 8 nitrogen and oxygen atoms in total. The maximum absolute atomic E-state index is 14.2. The monoisotopic (exact) mass is 470 g/mol. The van der Waals surface area contributed by atoms with Crippen molar-refractivity contribution in [3.8, 4) is 0 Å². The van der Waals surface area contributed by atoms with Gasteiger partial charge in [-0.25, -0.2) is 9.79 Å². The maximum atomic E-state index is 14.2. The number of amides is 1. The molecular weight excluding hydrogens is 444 g/mol. The number of nitrogens with two attached hydrogens (primary N) is 2. The summed E-state index contributed by atoms with van der Waals surface area (Å²) in [6, 6.07) is 22.4. The van der Waals surface area contributed by atoms with Gasteiger partial charge >= 0.3 is 5.97 Å². The fourth-order valence-electron chi connectivity index (χ4n) is 4.18. The molecule has 35 heavy (non-hydrogen) atoms. The Labute approximate surface area is 203 Å². The van der Waals surface area contributed by atoms with Crippen molar-refractivity contribution in [1.82, 2.24) is 0 Å². The van der Waals surface area contributed by atoms with Gasteiger partial charge in [0.1, 0.15) is 0 Å². The topological polar surface area (TPSA) is 128 Å². The molecule has 0 saturated heterocycles. The summed E-state index contributed by atoms with van der Waals surface area (Å²) in [5, 5.41) is 0. The molecule has 1 aliphatic rings. The number of para-hydroxylation sites is 1. The number of nitrogens with zero attached hydrogens (tertiary/aromatic N) is 2. The van der Waals surface area contributed by atoms with Gasteiger partial charge in [0.25, 0.3) is 5.91 Å². The molecule has 4 N–H and O–H groups in total. The van der Waals surface area contributed by atoms with E-state index < -0.39 is 35.4 Å². The Morgan fingerprint density at radius 1 is 0.943 bits per heavy atom. The van der Waals surface area contributed by atoms with E-state index in [0.717, 1.165) is 0 Å². The number of carbonyl (C=O) groups is 3. The van der Waals surface area contributed by atoms with Crippen LogP contribution in [-0.4, -0.2) is 42.2 Å². The lowest BCUT2D eigenvalue weighted by Crippen LogP contribution is -2.63. The van der Waals surface area contributed by atoms with Crippen LogP contribution in [0.15, 0.2) is 89.9 Å². The summed E-state index contributed by atoms with van der Waals surface area (Å²) >= 11 is 0. The van der Waals surface area contributed by atoms with E-state index in [1.165, 1.54) is 18.9 Å². The van der Waals surface area contributed by atoms with Crippen LogP contribution < -0.4 is 16.4 Å². The molecule has 3 atom stereocenters. The van der Waals surface area contributed by atoms with Gasteiger partial charge in [0.05, 0.1) is 24.6 Å². The highest BCUT2D eigenvalue weighted by atomic mass is 16.5. The van der Waals surface area contributed by atoms with Crippen molar-refractivity contribution in [2.75, 3.05) is 12.0 Å². The van der Waals surface area contributed by atoms with Gasteiger partial charge in [-0.1, -0.05) is 78.9 Å². The molecule has 3 aromatic rings. The fourth-order valence-corrected chi connectivity index (χ4v) is 4.18. The number of esters is 1. The highest BCUT2D eigenvalue weighted by Crippen LogP contribution is 2.37. The third-order valence-corrected chi connectivity index (χ3v) is 5.89. The molecule has 1 heterocycles. The van der Waals surface area contributed by atoms with Crippen molar-refractivity contribution in [3.05, 3.63) is 102 Å². The van der Waals surface area contributed by atoms with Crippen LogP contribution in [-0.2, 0) is 19.1 Å². The Balaban J connectivity index is 2.06. The molecule has 0 aromatic heterocycles. The van der Waals surface area contributed by atoms with Gasteiger partial charge in [0, 0.05) is 11.1 Å². The van der Waals surface area contributed by atoms with Crippen LogP contribution in [0.25, 0.3) is 0 Å². The molecule has 178 valence electrons. The summed E-state index contributed by atoms with van der Waals surface area (Å²) in [6.45, 7) is 1.44. The van der Waals surface area contributed by atoms with Crippen LogP contribution in [0.4, 0.5) is 5.69 Å². The van der Waals surface area contributed by atoms with Gasteiger partial charge in [0.2, 0.25) is 11.4 Å². The second kappa shape index (κ2) is 9.61. The first-order valence-electron chi connectivity index (χ1n) is 11.1. The summed E-state index contributed by atoms with van der Waals surface area (Å²) < 4.78 is 5.09. The van der Waals surface area contributed by atoms with Crippen molar-refractivity contribution in [2.24, 2.45) is 16.5 Å². The van der Waals surface area contributed by atoms with Crippen molar-refractivity contribution in [1.29, 1.82) is 0 Å². The van der Waals surface area contributed by atoms with Crippen LogP contribution in [0.5, 0.6) is 0 Å². The number of ketones is 1. The van der Waals surface area contributed by atoms with Crippen molar-refractivity contribution >= 4 is 29.1 Å². The van der Waals surface area contributed by atoms with Crippen LogP contribution >= 0.6 is 0 Å². The number of Topliss-reactive ketones (excluding diaryl/α,β-unsaturated/α-hetero) is 1. The number of anilines is 1. The molecule has 8 heteroatoms. The molecule has 3 aromatic carbocycles. The lowest BCUT2D eigenvalue weighted by Gasteiger charge is -2.34. The first kappa shape index (κ1) is 24.0. The van der Waals surface area contributed by atoms with Gasteiger partial charge in [-0.15, -0.1) is 0 Å². The zero-order chi connectivity index (χ0) is 25.2. The highest BCUT2D eigenvalue weighted by Gasteiger charge is 2.51. The number of fused-ring (bicyclic) bond motifs is 1. The van der Waals surface area contributed by atoms with E-state index in [1.807, 2.05) is 30.3 Å². The van der Waals surface area contributed by atoms with Gasteiger partial charge in [0.15, 0.2) is 6.04 Å². The highest BCUT2D eigenvalue weighted by molar-refractivity contribution is 6.27. The van der Waals surface area contributed by atoms with E-state index >= 15 is 0 Å². The van der Waals surface area contributed by atoms with E-state index in [1.54, 1.807) is 54.6 Å². The van der Waals surface area contributed by atoms with Crippen molar-refractivity contribution in [2.45, 2.75) is 24.7 Å². The lowest BCUT2D eigenvalue weighted by atomic mass is 9.96. The molecular formula is C27H26N4O4. The first-order chi connectivity index (χ1) is 16.8. The molecule has 2 unspecified atom stereocenters. The first-order valence-corrected chi connectivity index (χ1v) is 11.1. The van der Waals surface area contributed by atoms with Crippen molar-refractivity contribution < 1.29 is 19.1 Å². The Morgan fingerprint density at radius 2 is 1.51 bits per heavy atom. The van der Waals surface area contributed by atoms with Crippen LogP contribution in [0, 0.1) is 0 Å². The third-order valence-electron chi connectivity index (χ3n) is 5.89. The standard InChI is InChI=1S/C27H26N4O4/c1-17(28)24(32)27(29)26(34)31(23(25(33)35-2)19-13-7-4-8-14-19)21-16-10-9-15-20(21)22(30-27)18-11-5-3-6-12-18/h3-17,23H,28-29H2,1-2H3/t17-,23?,27?/m0/s1. The smallest absolute Gasteiger partial charge is 0.333 e. The number of aliphatic imine (C=N–C) groups is 1. The average Bonchev–Trinajstić information content (AvgIpc) is 2.99. The second-order valence-corrected chi connectivity index (χ2v) is 8.27. The van der Waals surface area contributed by atoms with Gasteiger partial charge in [-0.2, -0.15) is 0 Å². The Kier molecular flexibility index (Phi) is 6.59. The summed E-state index contributed by atoms with van der Waals surface area (Å²) in [7, 11) is 1.24. The van der Waals surface area contributed by atoms with E-state index in [2.05, 4.69) is 4.99 Å². The van der Waals surface area contributed by atoms with Gasteiger partial charge in [-0.05, 0) is 18.6 Å². The number of ether oxygens (including phenoxy) is 1. The zero-order valence-electron chi connectivity index (χ0n) is 19.4. The van der Waals surface area contributed by atoms with E-state index in [-0.39, 0.29) is 0 Å². The molecule has 4 rings (SSSR count). The number of hydrogen-bond acceptors (Lipinski definition) is 7. The average molecular weight is 471 g/mol. The molecule has 0 spiro atoms. The number of rotatable bonds is 6. The Morgan fingerprint density at radius 3 is 2.11 bits per heavy atom. The summed E-state index contributed by atoms with van der Waals surface area (Å²) in [5.41, 5.74) is 12.4. The summed E-state index contributed by atoms with van der Waals surface area (Å²) in [4.78, 5) is 46.4. The number of carbonyl (C=O) groups excluding carboxylic acids is 3. The normalized spacial score (nSPS) is 19.1. The minimum atomic E-state index is -2.38. The lowest BCUT2D eigenvalue weighted by molar-refractivity contribution is -0.145. The molecule has 1 amide bonds. The second-order valence-electron chi connectivity index (χ2n) is 8.27. The minimum Gasteiger partial charge on any atom is -0.467 e. The zero-order valence-corrected chi connectivity index (χ0v) is 19.4. The van der Waals surface area contributed by atoms with E-state index in [9.17, 15) is 14.4 Å². The largest absolute Gasteiger partial charge is 0.467 e. The number of benzene rings is 3. The van der Waals surface area contributed by atoms with Crippen LogP contribution in [0.1, 0.15) is 29.7 Å². The Bertz CT molecular complexity index is 1290. The quantitative estimate of drug-likeness (QED) is 0.420. The third kappa shape index (κ3) is 4.25. The predicted octanol–water partition coefficient (Wildman–Crippen LogP) is 2.36. The van der Waals surface area contributed by atoms with Gasteiger partial charge < -0.3 is 10.5 Å². The molecule has 0 bridgehead atoms. The molecule has 0 radical (unpaired) electrons. The van der Waals surface area contributed by atoms with Crippen LogP contribution in [0.3, 0.4) is 0 Å².